The molecule has 0 saturated carbocycles. The molecule has 3 heterocycles. The smallest absolute Gasteiger partial charge is 0.251 e. The van der Waals surface area contributed by atoms with E-state index >= 15 is 0 Å². The number of piperidine rings is 1. The van der Waals surface area contributed by atoms with Crippen molar-refractivity contribution in [3.63, 3.8) is 0 Å². The number of carbonyl (C=O) groups is 1. The summed E-state index contributed by atoms with van der Waals surface area (Å²) in [6, 6.07) is 0. The molecule has 17 heavy (non-hydrogen) atoms. The molecule has 1 spiro atoms. The fourth-order valence-corrected chi connectivity index (χ4v) is 3.43. The molecule has 1 atom stereocenters. The highest BCUT2D eigenvalue weighted by Gasteiger charge is 2.39. The average Bonchev–Trinajstić information content (AvgIpc) is 3.01. The Morgan fingerprint density at radius 3 is 2.65 bits per heavy atom. The molecule has 4 nitrogen and oxygen atoms in total. The van der Waals surface area contributed by atoms with Crippen LogP contribution in [0.2, 0.25) is 0 Å². The lowest BCUT2D eigenvalue weighted by atomic mass is 9.86. The second-order valence-electron chi connectivity index (χ2n) is 5.64. The molecule has 3 fully saturated rings. The molecular weight excluding hydrogens is 216 g/mol. The summed E-state index contributed by atoms with van der Waals surface area (Å²) in [5, 5.41) is 3.63. The Balaban J connectivity index is 1.55. The molecular formula is C13H22N2O2. The van der Waals surface area contributed by atoms with E-state index in [0.717, 1.165) is 51.9 Å². The van der Waals surface area contributed by atoms with Crippen LogP contribution in [-0.2, 0) is 9.53 Å². The second kappa shape index (κ2) is 4.58. The van der Waals surface area contributed by atoms with Crippen LogP contribution in [0.15, 0.2) is 0 Å². The number of nitrogens with one attached hydrogen (secondary N) is 1. The third kappa shape index (κ3) is 2.20. The number of nitrogens with zero attached hydrogens (tertiary/aromatic N) is 1. The van der Waals surface area contributed by atoms with E-state index in [-0.39, 0.29) is 12.0 Å². The number of carbonyl (C=O) groups excluding carboxylic acids is 1. The van der Waals surface area contributed by atoms with Crippen molar-refractivity contribution >= 4 is 5.91 Å². The number of hydrogen-bond donors (Lipinski definition) is 1. The Morgan fingerprint density at radius 2 is 2.06 bits per heavy atom. The molecule has 0 aromatic heterocycles. The van der Waals surface area contributed by atoms with Crippen molar-refractivity contribution in [1.82, 2.24) is 10.2 Å². The van der Waals surface area contributed by atoms with E-state index in [0.29, 0.717) is 5.54 Å². The molecule has 1 amide bonds. The van der Waals surface area contributed by atoms with Crippen molar-refractivity contribution in [2.24, 2.45) is 0 Å². The summed E-state index contributed by atoms with van der Waals surface area (Å²) >= 11 is 0. The lowest BCUT2D eigenvalue weighted by molar-refractivity contribution is -0.142. The summed E-state index contributed by atoms with van der Waals surface area (Å²) in [6.07, 6.45) is 6.63. The van der Waals surface area contributed by atoms with Crippen molar-refractivity contribution in [3.8, 4) is 0 Å². The summed E-state index contributed by atoms with van der Waals surface area (Å²) in [6.45, 7) is 3.73. The van der Waals surface area contributed by atoms with Crippen LogP contribution in [0.4, 0.5) is 0 Å². The van der Waals surface area contributed by atoms with Gasteiger partial charge in [0, 0.05) is 25.2 Å². The number of ether oxygens (including phenoxy) is 1. The summed E-state index contributed by atoms with van der Waals surface area (Å²) < 4.78 is 5.48. The molecule has 0 aromatic carbocycles. The first-order chi connectivity index (χ1) is 8.29. The van der Waals surface area contributed by atoms with Gasteiger partial charge >= 0.3 is 0 Å². The molecule has 0 bridgehead atoms. The Morgan fingerprint density at radius 1 is 1.24 bits per heavy atom. The topological polar surface area (TPSA) is 41.6 Å². The first kappa shape index (κ1) is 11.5. The van der Waals surface area contributed by atoms with E-state index < -0.39 is 0 Å². The van der Waals surface area contributed by atoms with Gasteiger partial charge in [0.05, 0.1) is 0 Å². The summed E-state index contributed by atoms with van der Waals surface area (Å²) in [5.41, 5.74) is 0.354. The van der Waals surface area contributed by atoms with Crippen LogP contribution in [0.1, 0.15) is 38.5 Å². The predicted octanol–water partition coefficient (Wildman–Crippen LogP) is 0.910. The van der Waals surface area contributed by atoms with Crippen LogP contribution >= 0.6 is 0 Å². The van der Waals surface area contributed by atoms with Crippen LogP contribution in [0, 0.1) is 0 Å². The van der Waals surface area contributed by atoms with Gasteiger partial charge in [-0.15, -0.1) is 0 Å². The van der Waals surface area contributed by atoms with E-state index in [1.807, 2.05) is 4.90 Å². The highest BCUT2D eigenvalue weighted by Crippen LogP contribution is 2.31. The first-order valence-corrected chi connectivity index (χ1v) is 6.95. The molecule has 3 saturated heterocycles. The molecule has 3 aliphatic heterocycles. The van der Waals surface area contributed by atoms with Gasteiger partial charge in [-0.05, 0) is 45.1 Å². The molecule has 0 aromatic rings. The van der Waals surface area contributed by atoms with Gasteiger partial charge in [-0.2, -0.15) is 0 Å². The number of amides is 1. The fraction of sp³-hybridized carbons (Fsp3) is 0.923. The van der Waals surface area contributed by atoms with Crippen LogP contribution in [0.5, 0.6) is 0 Å². The quantitative estimate of drug-likeness (QED) is 0.738. The van der Waals surface area contributed by atoms with Crippen molar-refractivity contribution < 1.29 is 9.53 Å². The van der Waals surface area contributed by atoms with Crippen molar-refractivity contribution in [3.05, 3.63) is 0 Å². The van der Waals surface area contributed by atoms with Crippen LogP contribution in [-0.4, -0.2) is 48.7 Å². The van der Waals surface area contributed by atoms with Gasteiger partial charge in [0.15, 0.2) is 0 Å². The van der Waals surface area contributed by atoms with Gasteiger partial charge in [0.1, 0.15) is 6.10 Å². The van der Waals surface area contributed by atoms with Gasteiger partial charge in [-0.1, -0.05) is 0 Å². The normalized spacial score (nSPS) is 32.2. The van der Waals surface area contributed by atoms with Crippen LogP contribution < -0.4 is 5.32 Å². The minimum atomic E-state index is -0.138. The fourth-order valence-electron chi connectivity index (χ4n) is 3.43. The number of hydrogen-bond acceptors (Lipinski definition) is 3. The van der Waals surface area contributed by atoms with Gasteiger partial charge < -0.3 is 15.0 Å². The van der Waals surface area contributed by atoms with Crippen molar-refractivity contribution in [2.45, 2.75) is 50.2 Å². The van der Waals surface area contributed by atoms with Crippen LogP contribution in [0.3, 0.4) is 0 Å². The molecule has 1 N–H and O–H groups in total. The first-order valence-electron chi connectivity index (χ1n) is 6.95. The van der Waals surface area contributed by atoms with Gasteiger partial charge in [-0.3, -0.25) is 4.79 Å². The maximum absolute atomic E-state index is 12.2. The molecule has 3 rings (SSSR count). The van der Waals surface area contributed by atoms with Gasteiger partial charge in [0.25, 0.3) is 5.91 Å². The van der Waals surface area contributed by atoms with E-state index in [1.54, 1.807) is 0 Å². The van der Waals surface area contributed by atoms with Gasteiger partial charge in [-0.25, -0.2) is 0 Å². The largest absolute Gasteiger partial charge is 0.368 e. The highest BCUT2D eigenvalue weighted by molar-refractivity contribution is 5.81. The average molecular weight is 238 g/mol. The summed E-state index contributed by atoms with van der Waals surface area (Å²) in [4.78, 5) is 14.2. The maximum atomic E-state index is 12.2. The predicted molar refractivity (Wildman–Crippen MR) is 64.8 cm³/mol. The van der Waals surface area contributed by atoms with Crippen LogP contribution in [0.25, 0.3) is 0 Å². The highest BCUT2D eigenvalue weighted by atomic mass is 16.5. The Kier molecular flexibility index (Phi) is 3.09. The molecule has 0 aliphatic carbocycles. The van der Waals surface area contributed by atoms with E-state index in [4.69, 9.17) is 4.74 Å². The number of likely N-dealkylation sites (tertiary alicyclic amines) is 1. The molecule has 0 unspecified atom stereocenters. The van der Waals surface area contributed by atoms with Crippen molar-refractivity contribution in [1.29, 1.82) is 0 Å². The summed E-state index contributed by atoms with van der Waals surface area (Å²) in [5.74, 6) is 0.232. The molecule has 3 aliphatic rings. The molecule has 4 heteroatoms. The maximum Gasteiger partial charge on any atom is 0.251 e. The third-order valence-electron chi connectivity index (χ3n) is 4.57. The van der Waals surface area contributed by atoms with E-state index in [2.05, 4.69) is 5.32 Å². The zero-order chi connectivity index (χ0) is 11.7. The van der Waals surface area contributed by atoms with Crippen molar-refractivity contribution in [2.75, 3.05) is 26.2 Å². The lowest BCUT2D eigenvalue weighted by Gasteiger charge is -2.40. The number of rotatable bonds is 1. The Labute approximate surface area is 103 Å². The minimum Gasteiger partial charge on any atom is -0.368 e. The second-order valence-corrected chi connectivity index (χ2v) is 5.64. The Bertz CT molecular complexity index is 284. The standard InChI is InChI=1S/C13H22N2O2/c16-12(11-3-1-10-17-11)15-8-5-13(6-9-15)4-2-7-14-13/h11,14H,1-10H2/t11-/m1/s1. The SMILES string of the molecule is O=C([C@H]1CCCO1)N1CCC2(CCCN2)CC1. The van der Waals surface area contributed by atoms with E-state index in [9.17, 15) is 4.79 Å². The zero-order valence-corrected chi connectivity index (χ0v) is 10.4. The monoisotopic (exact) mass is 238 g/mol. The zero-order valence-electron chi connectivity index (χ0n) is 10.4. The Hall–Kier alpha value is -0.610. The lowest BCUT2D eigenvalue weighted by Crippen LogP contribution is -2.53. The van der Waals surface area contributed by atoms with E-state index in [1.165, 1.54) is 12.8 Å². The minimum absolute atomic E-state index is 0.138. The molecule has 0 radical (unpaired) electrons. The third-order valence-corrected chi connectivity index (χ3v) is 4.57. The van der Waals surface area contributed by atoms with Gasteiger partial charge in [0.2, 0.25) is 0 Å². The summed E-state index contributed by atoms with van der Waals surface area (Å²) in [7, 11) is 0. The molecule has 96 valence electrons.